The summed E-state index contributed by atoms with van der Waals surface area (Å²) in [5.74, 6) is 0. The highest BCUT2D eigenvalue weighted by Gasteiger charge is 2.14. The van der Waals surface area contributed by atoms with E-state index in [2.05, 4.69) is 12.1 Å². The third-order valence-corrected chi connectivity index (χ3v) is 4.78. The minimum Gasteiger partial charge on any atom is -0.192 e. The van der Waals surface area contributed by atoms with Crippen LogP contribution in [0.3, 0.4) is 0 Å². The van der Waals surface area contributed by atoms with E-state index >= 15 is 0 Å². The highest BCUT2D eigenvalue weighted by molar-refractivity contribution is 7.14. The van der Waals surface area contributed by atoms with E-state index in [-0.39, 0.29) is 0 Å². The Balaban J connectivity index is 2.32. The maximum Gasteiger partial charge on any atom is 0.101 e. The topological polar surface area (TPSA) is 47.6 Å². The van der Waals surface area contributed by atoms with Crippen LogP contribution in [0.1, 0.15) is 11.1 Å². The van der Waals surface area contributed by atoms with Crippen molar-refractivity contribution >= 4 is 22.7 Å². The molecule has 0 aliphatic carbocycles. The van der Waals surface area contributed by atoms with Crippen molar-refractivity contribution in [2.45, 2.75) is 0 Å². The molecular formula is C16H8N2S2. The Hall–Kier alpha value is -2.40. The first-order valence-electron chi connectivity index (χ1n) is 5.89. The Bertz CT molecular complexity index is 745. The van der Waals surface area contributed by atoms with E-state index in [0.29, 0.717) is 11.1 Å². The van der Waals surface area contributed by atoms with Crippen LogP contribution in [0.4, 0.5) is 0 Å². The molecule has 3 aromatic rings. The molecular weight excluding hydrogens is 284 g/mol. The molecule has 1 aromatic carbocycles. The number of benzene rings is 1. The molecule has 2 heterocycles. The van der Waals surface area contributed by atoms with Crippen molar-refractivity contribution < 1.29 is 0 Å². The van der Waals surface area contributed by atoms with Gasteiger partial charge in [0.05, 0.1) is 11.1 Å². The smallest absolute Gasteiger partial charge is 0.101 e. The first-order valence-corrected chi connectivity index (χ1v) is 7.65. The van der Waals surface area contributed by atoms with E-state index in [0.717, 1.165) is 20.9 Å². The number of nitriles is 2. The Labute approximate surface area is 124 Å². The fourth-order valence-electron chi connectivity index (χ4n) is 2.06. The monoisotopic (exact) mass is 292 g/mol. The molecule has 0 aliphatic heterocycles. The minimum atomic E-state index is 0.427. The molecule has 20 heavy (non-hydrogen) atoms. The average Bonchev–Trinajstić information content (AvgIpc) is 3.18. The maximum absolute atomic E-state index is 9.20. The Morgan fingerprint density at radius 1 is 0.750 bits per heavy atom. The van der Waals surface area contributed by atoms with Gasteiger partial charge in [-0.25, -0.2) is 0 Å². The lowest BCUT2D eigenvalue weighted by atomic mass is 9.97. The second-order valence-corrected chi connectivity index (χ2v) is 6.02. The number of rotatable bonds is 2. The van der Waals surface area contributed by atoms with Gasteiger partial charge >= 0.3 is 0 Å². The molecule has 3 rings (SSSR count). The first kappa shape index (κ1) is 12.6. The van der Waals surface area contributed by atoms with Gasteiger partial charge in [0.2, 0.25) is 0 Å². The number of hydrogen-bond donors (Lipinski definition) is 0. The molecule has 0 atom stereocenters. The van der Waals surface area contributed by atoms with Gasteiger partial charge in [0.25, 0.3) is 0 Å². The van der Waals surface area contributed by atoms with Crippen LogP contribution in [-0.2, 0) is 0 Å². The lowest BCUT2D eigenvalue weighted by molar-refractivity contribution is 1.43. The van der Waals surface area contributed by atoms with E-state index in [1.54, 1.807) is 22.7 Å². The van der Waals surface area contributed by atoms with Crippen molar-refractivity contribution in [2.24, 2.45) is 0 Å². The Morgan fingerprint density at radius 3 is 1.50 bits per heavy atom. The molecule has 2 aromatic heterocycles. The molecule has 0 spiro atoms. The summed E-state index contributed by atoms with van der Waals surface area (Å²) in [5.41, 5.74) is 2.88. The summed E-state index contributed by atoms with van der Waals surface area (Å²) in [6.45, 7) is 0. The van der Waals surface area contributed by atoms with Gasteiger partial charge in [-0.2, -0.15) is 10.5 Å². The van der Waals surface area contributed by atoms with Gasteiger partial charge in [0, 0.05) is 20.9 Å². The van der Waals surface area contributed by atoms with E-state index < -0.39 is 0 Å². The van der Waals surface area contributed by atoms with Crippen LogP contribution in [0.25, 0.3) is 20.9 Å². The van der Waals surface area contributed by atoms with Crippen molar-refractivity contribution in [3.05, 3.63) is 58.3 Å². The van der Waals surface area contributed by atoms with Crippen LogP contribution >= 0.6 is 22.7 Å². The van der Waals surface area contributed by atoms with Gasteiger partial charge < -0.3 is 0 Å². The summed E-state index contributed by atoms with van der Waals surface area (Å²) in [7, 11) is 0. The Kier molecular flexibility index (Phi) is 3.35. The lowest BCUT2D eigenvalue weighted by Gasteiger charge is -2.08. The quantitative estimate of drug-likeness (QED) is 0.675. The fraction of sp³-hybridized carbons (Fsp3) is 0. The van der Waals surface area contributed by atoms with E-state index in [1.165, 1.54) is 0 Å². The van der Waals surface area contributed by atoms with Gasteiger partial charge in [0.1, 0.15) is 12.1 Å². The molecule has 0 unspecified atom stereocenters. The maximum atomic E-state index is 9.20. The molecule has 0 radical (unpaired) electrons. The van der Waals surface area contributed by atoms with Gasteiger partial charge in [-0.15, -0.1) is 22.7 Å². The average molecular weight is 292 g/mol. The second-order valence-electron chi connectivity index (χ2n) is 4.12. The van der Waals surface area contributed by atoms with E-state index in [4.69, 9.17) is 0 Å². The highest BCUT2D eigenvalue weighted by Crippen LogP contribution is 2.38. The fourth-order valence-corrected chi connectivity index (χ4v) is 3.57. The molecule has 0 aliphatic rings. The summed E-state index contributed by atoms with van der Waals surface area (Å²) in [4.78, 5) is 2.21. The summed E-state index contributed by atoms with van der Waals surface area (Å²) in [6.07, 6.45) is 0. The van der Waals surface area contributed by atoms with E-state index in [1.807, 2.05) is 47.2 Å². The number of thiophene rings is 2. The van der Waals surface area contributed by atoms with Crippen molar-refractivity contribution in [3.63, 3.8) is 0 Å². The zero-order chi connectivity index (χ0) is 13.9. The van der Waals surface area contributed by atoms with Crippen molar-refractivity contribution in [1.82, 2.24) is 0 Å². The molecule has 0 fully saturated rings. The van der Waals surface area contributed by atoms with Gasteiger partial charge in [0.15, 0.2) is 0 Å². The predicted molar refractivity (Wildman–Crippen MR) is 82.5 cm³/mol. The summed E-state index contributed by atoms with van der Waals surface area (Å²) in [5, 5.41) is 22.4. The van der Waals surface area contributed by atoms with Crippen LogP contribution in [0.15, 0.2) is 47.2 Å². The Morgan fingerprint density at radius 2 is 1.20 bits per heavy atom. The molecule has 0 bridgehead atoms. The normalized spacial score (nSPS) is 9.90. The molecule has 0 saturated carbocycles. The van der Waals surface area contributed by atoms with Crippen LogP contribution in [0, 0.1) is 22.7 Å². The third-order valence-electron chi connectivity index (χ3n) is 2.97. The van der Waals surface area contributed by atoms with Crippen LogP contribution in [0.2, 0.25) is 0 Å². The zero-order valence-corrected chi connectivity index (χ0v) is 12.0. The number of nitrogens with zero attached hydrogens (tertiary/aromatic N) is 2. The summed E-state index contributed by atoms with van der Waals surface area (Å²) < 4.78 is 0. The van der Waals surface area contributed by atoms with Crippen LogP contribution < -0.4 is 0 Å². The molecule has 0 amide bonds. The van der Waals surface area contributed by atoms with Gasteiger partial charge in [-0.3, -0.25) is 0 Å². The second kappa shape index (κ2) is 5.30. The largest absolute Gasteiger partial charge is 0.192 e. The van der Waals surface area contributed by atoms with Crippen molar-refractivity contribution in [2.75, 3.05) is 0 Å². The highest BCUT2D eigenvalue weighted by atomic mass is 32.1. The van der Waals surface area contributed by atoms with Crippen LogP contribution in [0.5, 0.6) is 0 Å². The molecule has 94 valence electrons. The summed E-state index contributed by atoms with van der Waals surface area (Å²) >= 11 is 3.26. The van der Waals surface area contributed by atoms with Crippen LogP contribution in [-0.4, -0.2) is 0 Å². The minimum absolute atomic E-state index is 0.427. The first-order chi connectivity index (χ1) is 9.83. The molecule has 0 N–H and O–H groups in total. The van der Waals surface area contributed by atoms with Crippen molar-refractivity contribution in [1.29, 1.82) is 10.5 Å². The predicted octanol–water partition coefficient (Wildman–Crippen LogP) is 4.89. The third kappa shape index (κ3) is 2.12. The van der Waals surface area contributed by atoms with E-state index in [9.17, 15) is 10.5 Å². The summed E-state index contributed by atoms with van der Waals surface area (Å²) in [6, 6.07) is 15.9. The van der Waals surface area contributed by atoms with Crippen molar-refractivity contribution in [3.8, 4) is 33.0 Å². The standard InChI is InChI=1S/C16H8N2S2/c17-9-11-7-13(15-3-1-5-19-15)14(8-12(11)10-18)16-4-2-6-20-16/h1-8H. The zero-order valence-electron chi connectivity index (χ0n) is 10.3. The molecule has 0 saturated heterocycles. The van der Waals surface area contributed by atoms with Gasteiger partial charge in [-0.05, 0) is 35.0 Å². The SMILES string of the molecule is N#Cc1cc(-c2cccs2)c(-c2cccs2)cc1C#N. The molecule has 2 nitrogen and oxygen atoms in total. The molecule has 4 heteroatoms. The van der Waals surface area contributed by atoms with Gasteiger partial charge in [-0.1, -0.05) is 12.1 Å². The number of hydrogen-bond acceptors (Lipinski definition) is 4. The lowest BCUT2D eigenvalue weighted by Crippen LogP contribution is -1.89.